The van der Waals surface area contributed by atoms with E-state index in [1.807, 2.05) is 57.3 Å². The van der Waals surface area contributed by atoms with Gasteiger partial charge in [-0.15, -0.1) is 11.3 Å². The monoisotopic (exact) mass is 289 g/mol. The van der Waals surface area contributed by atoms with Crippen molar-refractivity contribution in [3.05, 3.63) is 34.7 Å². The molecule has 0 fully saturated rings. The minimum absolute atomic E-state index is 0.211. The van der Waals surface area contributed by atoms with Crippen molar-refractivity contribution >= 4 is 23.1 Å². The Morgan fingerprint density at radius 3 is 2.55 bits per heavy atom. The van der Waals surface area contributed by atoms with Gasteiger partial charge in [0.25, 0.3) is 0 Å². The normalized spacial score (nSPS) is 11.2. The lowest BCUT2D eigenvalue weighted by molar-refractivity contribution is 0.244. The van der Waals surface area contributed by atoms with Crippen LogP contribution in [0.1, 0.15) is 25.8 Å². The summed E-state index contributed by atoms with van der Waals surface area (Å²) in [5.41, 5.74) is 2.32. The van der Waals surface area contributed by atoms with E-state index >= 15 is 0 Å². The fourth-order valence-electron chi connectivity index (χ4n) is 1.80. The van der Waals surface area contributed by atoms with Crippen LogP contribution in [0.15, 0.2) is 29.6 Å². The van der Waals surface area contributed by atoms with Gasteiger partial charge in [0.2, 0.25) is 0 Å². The number of para-hydroxylation sites is 1. The van der Waals surface area contributed by atoms with Gasteiger partial charge < -0.3 is 10.6 Å². The number of urea groups is 1. The van der Waals surface area contributed by atoms with E-state index in [-0.39, 0.29) is 11.6 Å². The van der Waals surface area contributed by atoms with E-state index < -0.39 is 0 Å². The fourth-order valence-corrected chi connectivity index (χ4v) is 2.41. The summed E-state index contributed by atoms with van der Waals surface area (Å²) in [6, 6.07) is 7.47. The van der Waals surface area contributed by atoms with Gasteiger partial charge in [-0.1, -0.05) is 18.2 Å². The largest absolute Gasteiger partial charge is 0.333 e. The van der Waals surface area contributed by atoms with Gasteiger partial charge in [-0.05, 0) is 33.8 Å². The number of aromatic nitrogens is 1. The Morgan fingerprint density at radius 1 is 1.25 bits per heavy atom. The molecule has 106 valence electrons. The minimum Gasteiger partial charge on any atom is -0.333 e. The summed E-state index contributed by atoms with van der Waals surface area (Å²) in [6.45, 7) is 7.81. The number of carbonyl (C=O) groups is 1. The lowest BCUT2D eigenvalue weighted by Crippen LogP contribution is -2.43. The minimum atomic E-state index is -0.268. The lowest BCUT2D eigenvalue weighted by atomic mass is 10.1. The molecule has 0 spiro atoms. The van der Waals surface area contributed by atoms with Crippen molar-refractivity contribution in [3.63, 3.8) is 0 Å². The highest BCUT2D eigenvalue weighted by Crippen LogP contribution is 2.28. The third kappa shape index (κ3) is 3.81. The van der Waals surface area contributed by atoms with Crippen molar-refractivity contribution in [1.82, 2.24) is 10.3 Å². The second-order valence-corrected chi connectivity index (χ2v) is 6.69. The Bertz CT molecular complexity index is 614. The van der Waals surface area contributed by atoms with Crippen LogP contribution in [0.25, 0.3) is 11.3 Å². The molecule has 1 heterocycles. The Kier molecular flexibility index (Phi) is 4.09. The van der Waals surface area contributed by atoms with Crippen LogP contribution in [0.2, 0.25) is 0 Å². The van der Waals surface area contributed by atoms with Crippen LogP contribution >= 0.6 is 11.3 Å². The van der Waals surface area contributed by atoms with Gasteiger partial charge in [-0.3, -0.25) is 0 Å². The molecular weight excluding hydrogens is 270 g/mol. The molecule has 0 aliphatic carbocycles. The number of hydrogen-bond acceptors (Lipinski definition) is 3. The number of rotatable bonds is 2. The molecule has 2 N–H and O–H groups in total. The summed E-state index contributed by atoms with van der Waals surface area (Å²) >= 11 is 1.60. The Labute approximate surface area is 123 Å². The highest BCUT2D eigenvalue weighted by molar-refractivity contribution is 7.09. The van der Waals surface area contributed by atoms with Gasteiger partial charge in [0.15, 0.2) is 0 Å². The molecule has 0 atom stereocenters. The molecule has 2 amide bonds. The topological polar surface area (TPSA) is 54.0 Å². The number of aryl methyl sites for hydroxylation is 1. The zero-order chi connectivity index (χ0) is 14.8. The number of benzene rings is 1. The molecule has 0 aliphatic rings. The predicted octanol–water partition coefficient (Wildman–Crippen LogP) is 4.04. The highest BCUT2D eigenvalue weighted by Gasteiger charge is 2.15. The van der Waals surface area contributed by atoms with E-state index in [0.29, 0.717) is 0 Å². The van der Waals surface area contributed by atoms with Gasteiger partial charge in [-0.2, -0.15) is 0 Å². The molecule has 1 aromatic carbocycles. The second kappa shape index (κ2) is 5.63. The van der Waals surface area contributed by atoms with Gasteiger partial charge in [0, 0.05) is 16.5 Å². The van der Waals surface area contributed by atoms with Gasteiger partial charge in [0.05, 0.1) is 16.4 Å². The van der Waals surface area contributed by atoms with Gasteiger partial charge in [-0.25, -0.2) is 9.78 Å². The summed E-state index contributed by atoms with van der Waals surface area (Å²) < 4.78 is 0. The molecule has 0 saturated carbocycles. The van der Waals surface area contributed by atoms with Crippen LogP contribution in [-0.2, 0) is 0 Å². The summed E-state index contributed by atoms with van der Waals surface area (Å²) in [7, 11) is 0. The molecule has 1 aromatic heterocycles. The third-order valence-electron chi connectivity index (χ3n) is 2.56. The van der Waals surface area contributed by atoms with Crippen molar-refractivity contribution in [1.29, 1.82) is 0 Å². The van der Waals surface area contributed by atoms with E-state index in [2.05, 4.69) is 15.6 Å². The second-order valence-electron chi connectivity index (χ2n) is 5.63. The molecule has 2 aromatic rings. The molecule has 4 nitrogen and oxygen atoms in total. The molecule has 5 heteroatoms. The molecule has 0 saturated heterocycles. The summed E-state index contributed by atoms with van der Waals surface area (Å²) in [4.78, 5) is 16.4. The van der Waals surface area contributed by atoms with Crippen molar-refractivity contribution in [3.8, 4) is 11.3 Å². The molecule has 0 radical (unpaired) electrons. The average molecular weight is 289 g/mol. The van der Waals surface area contributed by atoms with E-state index in [4.69, 9.17) is 0 Å². The van der Waals surface area contributed by atoms with E-state index in [0.717, 1.165) is 22.0 Å². The standard InChI is InChI=1S/C15H19N3OS/c1-10-16-13(9-20-10)11-7-5-6-8-12(11)17-14(19)18-15(2,3)4/h5-9H,1-4H3,(H2,17,18,19). The lowest BCUT2D eigenvalue weighted by Gasteiger charge is -2.21. The van der Waals surface area contributed by atoms with Crippen molar-refractivity contribution < 1.29 is 4.79 Å². The van der Waals surface area contributed by atoms with Crippen LogP contribution in [0.4, 0.5) is 10.5 Å². The third-order valence-corrected chi connectivity index (χ3v) is 3.33. The zero-order valence-corrected chi connectivity index (χ0v) is 13.0. The molecular formula is C15H19N3OS. The molecule has 0 aliphatic heterocycles. The smallest absolute Gasteiger partial charge is 0.319 e. The van der Waals surface area contributed by atoms with Gasteiger partial charge >= 0.3 is 6.03 Å². The Morgan fingerprint density at radius 2 is 1.95 bits per heavy atom. The molecule has 20 heavy (non-hydrogen) atoms. The summed E-state index contributed by atoms with van der Waals surface area (Å²) in [5.74, 6) is 0. The Hall–Kier alpha value is -1.88. The van der Waals surface area contributed by atoms with Gasteiger partial charge in [0.1, 0.15) is 0 Å². The predicted molar refractivity (Wildman–Crippen MR) is 84.2 cm³/mol. The molecule has 0 unspecified atom stereocenters. The number of nitrogens with one attached hydrogen (secondary N) is 2. The number of anilines is 1. The first-order chi connectivity index (χ1) is 9.35. The van der Waals surface area contributed by atoms with Crippen molar-refractivity contribution in [2.75, 3.05) is 5.32 Å². The van der Waals surface area contributed by atoms with Crippen LogP contribution in [-0.4, -0.2) is 16.6 Å². The fraction of sp³-hybridized carbons (Fsp3) is 0.333. The van der Waals surface area contributed by atoms with E-state index in [9.17, 15) is 4.79 Å². The number of nitrogens with zero attached hydrogens (tertiary/aromatic N) is 1. The maximum Gasteiger partial charge on any atom is 0.319 e. The number of carbonyl (C=O) groups excluding carboxylic acids is 1. The molecule has 2 rings (SSSR count). The maximum absolute atomic E-state index is 12.0. The van der Waals surface area contributed by atoms with E-state index in [1.54, 1.807) is 11.3 Å². The van der Waals surface area contributed by atoms with Crippen molar-refractivity contribution in [2.45, 2.75) is 33.2 Å². The summed E-state index contributed by atoms with van der Waals surface area (Å²) in [5, 5.41) is 8.78. The van der Waals surface area contributed by atoms with Crippen molar-refractivity contribution in [2.24, 2.45) is 0 Å². The van der Waals surface area contributed by atoms with Crippen LogP contribution < -0.4 is 10.6 Å². The highest BCUT2D eigenvalue weighted by atomic mass is 32.1. The molecule has 0 bridgehead atoms. The van der Waals surface area contributed by atoms with E-state index in [1.165, 1.54) is 0 Å². The summed E-state index contributed by atoms with van der Waals surface area (Å²) in [6.07, 6.45) is 0. The maximum atomic E-state index is 12.0. The number of hydrogen-bond donors (Lipinski definition) is 2. The number of thiazole rings is 1. The first-order valence-corrected chi connectivity index (χ1v) is 7.34. The first kappa shape index (κ1) is 14.5. The number of amides is 2. The quantitative estimate of drug-likeness (QED) is 0.876. The average Bonchev–Trinajstić information content (AvgIpc) is 2.74. The van der Waals surface area contributed by atoms with Crippen LogP contribution in [0, 0.1) is 6.92 Å². The first-order valence-electron chi connectivity index (χ1n) is 6.46. The SMILES string of the molecule is Cc1nc(-c2ccccc2NC(=O)NC(C)(C)C)cs1. The zero-order valence-electron chi connectivity index (χ0n) is 12.2. The van der Waals surface area contributed by atoms with Crippen LogP contribution in [0.5, 0.6) is 0 Å². The Balaban J connectivity index is 2.23. The van der Waals surface area contributed by atoms with Crippen LogP contribution in [0.3, 0.4) is 0 Å².